The Morgan fingerprint density at radius 3 is 2.43 bits per heavy atom. The van der Waals surface area contributed by atoms with Crippen LogP contribution >= 0.6 is 0 Å². The summed E-state index contributed by atoms with van der Waals surface area (Å²) in [6.45, 7) is 15.8. The number of anilines is 2. The van der Waals surface area contributed by atoms with Gasteiger partial charge in [-0.05, 0) is 90.6 Å². The number of benzene rings is 2. The van der Waals surface area contributed by atoms with E-state index in [1.165, 1.54) is 17.3 Å². The number of hydrogen-bond donors (Lipinski definition) is 2. The van der Waals surface area contributed by atoms with E-state index in [2.05, 4.69) is 74.6 Å². The van der Waals surface area contributed by atoms with Gasteiger partial charge < -0.3 is 20.0 Å². The Hall–Kier alpha value is -2.64. The molecular formula is C30H44F2N4O. The Labute approximate surface area is 221 Å². The van der Waals surface area contributed by atoms with E-state index in [4.69, 9.17) is 4.84 Å². The minimum absolute atomic E-state index is 0.0893. The van der Waals surface area contributed by atoms with E-state index >= 15 is 0 Å². The van der Waals surface area contributed by atoms with Crippen LogP contribution in [0.15, 0.2) is 53.8 Å². The summed E-state index contributed by atoms with van der Waals surface area (Å²) in [5, 5.41) is 3.21. The van der Waals surface area contributed by atoms with Crippen molar-refractivity contribution < 1.29 is 13.6 Å². The molecule has 3 unspecified atom stereocenters. The highest BCUT2D eigenvalue weighted by molar-refractivity contribution is 5.58. The second-order valence-electron chi connectivity index (χ2n) is 11.0. The second kappa shape index (κ2) is 12.3. The van der Waals surface area contributed by atoms with Crippen molar-refractivity contribution in [3.63, 3.8) is 0 Å². The Morgan fingerprint density at radius 2 is 1.84 bits per heavy atom. The van der Waals surface area contributed by atoms with Gasteiger partial charge in [-0.1, -0.05) is 32.0 Å². The van der Waals surface area contributed by atoms with E-state index in [9.17, 15) is 8.78 Å². The third-order valence-electron chi connectivity index (χ3n) is 7.47. The van der Waals surface area contributed by atoms with Gasteiger partial charge in [-0.3, -0.25) is 0 Å². The summed E-state index contributed by atoms with van der Waals surface area (Å²) in [7, 11) is 1.84. The number of hydrogen-bond acceptors (Lipinski definition) is 5. The summed E-state index contributed by atoms with van der Waals surface area (Å²) in [6, 6.07) is 12.8. The number of allylic oxidation sites excluding steroid dienone is 1. The molecule has 0 aliphatic carbocycles. The first-order valence-electron chi connectivity index (χ1n) is 13.4. The third kappa shape index (κ3) is 6.82. The fraction of sp³-hybridized carbons (Fsp3) is 0.533. The van der Waals surface area contributed by atoms with Crippen LogP contribution in [0.2, 0.25) is 0 Å². The van der Waals surface area contributed by atoms with Crippen molar-refractivity contribution in [2.75, 3.05) is 23.4 Å². The van der Waals surface area contributed by atoms with Crippen LogP contribution in [-0.4, -0.2) is 31.5 Å². The van der Waals surface area contributed by atoms with Crippen LogP contribution in [0, 0.1) is 17.6 Å². The van der Waals surface area contributed by atoms with Crippen molar-refractivity contribution >= 4 is 11.4 Å². The molecule has 0 aromatic heterocycles. The Morgan fingerprint density at radius 1 is 1.16 bits per heavy atom. The molecule has 3 atom stereocenters. The number of fused-ring (bicyclic) bond motifs is 1. The quantitative estimate of drug-likeness (QED) is 0.271. The van der Waals surface area contributed by atoms with Crippen molar-refractivity contribution in [3.8, 4) is 0 Å². The number of hydroxylamine groups is 1. The maximum absolute atomic E-state index is 14.6. The second-order valence-corrected chi connectivity index (χ2v) is 11.0. The maximum atomic E-state index is 14.6. The van der Waals surface area contributed by atoms with Gasteiger partial charge in [-0.2, -0.15) is 0 Å². The molecule has 0 saturated carbocycles. The van der Waals surface area contributed by atoms with Gasteiger partial charge in [0.15, 0.2) is 0 Å². The summed E-state index contributed by atoms with van der Waals surface area (Å²) in [5.74, 6) is 0.0659. The number of para-hydroxylation sites is 1. The van der Waals surface area contributed by atoms with Crippen LogP contribution < -0.4 is 20.6 Å². The van der Waals surface area contributed by atoms with Gasteiger partial charge in [0.25, 0.3) is 0 Å². The van der Waals surface area contributed by atoms with E-state index < -0.39 is 11.6 Å². The van der Waals surface area contributed by atoms with E-state index in [-0.39, 0.29) is 17.9 Å². The van der Waals surface area contributed by atoms with Gasteiger partial charge in [-0.25, -0.2) is 8.78 Å². The molecule has 0 spiro atoms. The van der Waals surface area contributed by atoms with Crippen LogP contribution in [0.1, 0.15) is 66.9 Å². The molecule has 2 N–H and O–H groups in total. The van der Waals surface area contributed by atoms with E-state index in [1.54, 1.807) is 0 Å². The van der Waals surface area contributed by atoms with Crippen LogP contribution in [-0.2, 0) is 11.3 Å². The zero-order valence-corrected chi connectivity index (χ0v) is 23.7. The fourth-order valence-corrected chi connectivity index (χ4v) is 4.97. The molecule has 37 heavy (non-hydrogen) atoms. The molecule has 5 nitrogen and oxygen atoms in total. The zero-order chi connectivity index (χ0) is 27.3. The Balaban J connectivity index is 1.89. The van der Waals surface area contributed by atoms with Gasteiger partial charge in [0.1, 0.15) is 23.6 Å². The fourth-order valence-electron chi connectivity index (χ4n) is 4.97. The van der Waals surface area contributed by atoms with Crippen molar-refractivity contribution in [1.29, 1.82) is 0 Å². The predicted molar refractivity (Wildman–Crippen MR) is 149 cm³/mol. The van der Waals surface area contributed by atoms with Crippen molar-refractivity contribution in [2.45, 2.75) is 85.6 Å². The molecule has 1 heterocycles. The van der Waals surface area contributed by atoms with E-state index in [1.807, 2.05) is 31.9 Å². The summed E-state index contributed by atoms with van der Waals surface area (Å²) in [4.78, 5) is 10.6. The van der Waals surface area contributed by atoms with E-state index in [0.29, 0.717) is 30.0 Å². The first kappa shape index (κ1) is 28.9. The van der Waals surface area contributed by atoms with Crippen LogP contribution in [0.5, 0.6) is 0 Å². The molecule has 7 heteroatoms. The lowest BCUT2D eigenvalue weighted by molar-refractivity contribution is 0.0614. The molecule has 0 bridgehead atoms. The molecule has 1 aliphatic rings. The largest absolute Gasteiger partial charge is 0.411 e. The Kier molecular flexibility index (Phi) is 9.59. The minimum atomic E-state index is -0.579. The highest BCUT2D eigenvalue weighted by Gasteiger charge is 2.32. The maximum Gasteiger partial charge on any atom is 0.131 e. The molecule has 3 rings (SSSR count). The summed E-state index contributed by atoms with van der Waals surface area (Å²) in [5.41, 5.74) is 6.63. The lowest BCUT2D eigenvalue weighted by Crippen LogP contribution is -2.56. The summed E-state index contributed by atoms with van der Waals surface area (Å²) in [6.07, 6.45) is 1.71. The smallest absolute Gasteiger partial charge is 0.131 e. The lowest BCUT2D eigenvalue weighted by Gasteiger charge is -2.43. The first-order chi connectivity index (χ1) is 17.5. The van der Waals surface area contributed by atoms with Crippen LogP contribution in [0.4, 0.5) is 20.2 Å². The number of halogens is 2. The van der Waals surface area contributed by atoms with Gasteiger partial charge in [0.05, 0.1) is 6.17 Å². The van der Waals surface area contributed by atoms with Gasteiger partial charge in [0, 0.05) is 35.1 Å². The van der Waals surface area contributed by atoms with Gasteiger partial charge in [0.2, 0.25) is 0 Å². The standard InChI is InChI=1S/C30H44F2N4O/c1-9-20(2)26(19-35(30(5,6)7)24-13-11-10-12-14-24)21(3)37-34-29-16-15-25-27(32)17-23(31)18-28(25)36(29)22(4)33-8/h10-14,17-18,20,22,29,33-34H,9,15-16,19H2,1-8H3/b26-21-. The highest BCUT2D eigenvalue weighted by Crippen LogP contribution is 2.34. The molecule has 0 radical (unpaired) electrons. The van der Waals surface area contributed by atoms with Crippen LogP contribution in [0.3, 0.4) is 0 Å². The SMILES string of the molecule is CCC(C)/C(CN(c1ccccc1)C(C)(C)C)=C(/C)ONC1CCc2c(F)cc(F)cc2N1C(C)NC. The first-order valence-corrected chi connectivity index (χ1v) is 13.4. The van der Waals surface area contributed by atoms with Gasteiger partial charge >= 0.3 is 0 Å². The molecular weight excluding hydrogens is 470 g/mol. The van der Waals surface area contributed by atoms with E-state index in [0.717, 1.165) is 24.8 Å². The summed E-state index contributed by atoms with van der Waals surface area (Å²) < 4.78 is 28.7. The molecule has 0 saturated heterocycles. The monoisotopic (exact) mass is 514 g/mol. The molecule has 1 aliphatic heterocycles. The van der Waals surface area contributed by atoms with Crippen molar-refractivity contribution in [3.05, 3.63) is 71.0 Å². The topological polar surface area (TPSA) is 39.8 Å². The number of nitrogens with one attached hydrogen (secondary N) is 2. The van der Waals surface area contributed by atoms with Gasteiger partial charge in [-0.15, -0.1) is 5.48 Å². The lowest BCUT2D eigenvalue weighted by atomic mass is 9.94. The third-order valence-corrected chi connectivity index (χ3v) is 7.47. The molecule has 2 aromatic carbocycles. The van der Waals surface area contributed by atoms with Crippen LogP contribution in [0.25, 0.3) is 0 Å². The average Bonchev–Trinajstić information content (AvgIpc) is 2.86. The number of nitrogens with zero attached hydrogens (tertiary/aromatic N) is 2. The Bertz CT molecular complexity index is 1070. The molecule has 204 valence electrons. The zero-order valence-electron chi connectivity index (χ0n) is 23.7. The summed E-state index contributed by atoms with van der Waals surface area (Å²) >= 11 is 0. The average molecular weight is 515 g/mol. The minimum Gasteiger partial charge on any atom is -0.411 e. The highest BCUT2D eigenvalue weighted by atomic mass is 19.1. The predicted octanol–water partition coefficient (Wildman–Crippen LogP) is 6.76. The number of rotatable bonds is 10. The normalized spacial score (nSPS) is 18.1. The molecule has 0 amide bonds. The molecule has 0 fully saturated rings. The van der Waals surface area contributed by atoms with Crippen molar-refractivity contribution in [1.82, 2.24) is 10.8 Å². The molecule has 2 aromatic rings. The van der Waals surface area contributed by atoms with Crippen molar-refractivity contribution in [2.24, 2.45) is 5.92 Å².